The Morgan fingerprint density at radius 1 is 1.39 bits per heavy atom. The highest BCUT2D eigenvalue weighted by Gasteiger charge is 2.34. The van der Waals surface area contributed by atoms with Crippen LogP contribution in [0.25, 0.3) is 0 Å². The molecule has 6 nitrogen and oxygen atoms in total. The van der Waals surface area contributed by atoms with Crippen LogP contribution in [0.15, 0.2) is 35.8 Å². The number of carbonyl (C=O) groups excluding carboxylic acids is 2. The number of aliphatic hydroxyl groups is 1. The smallest absolute Gasteiger partial charge is 0.264 e. The van der Waals surface area contributed by atoms with Crippen LogP contribution in [0, 0.1) is 0 Å². The maximum Gasteiger partial charge on any atom is 0.264 e. The Bertz CT molecular complexity index is 702. The van der Waals surface area contributed by atoms with Gasteiger partial charge in [0.1, 0.15) is 0 Å². The van der Waals surface area contributed by atoms with Crippen LogP contribution in [0.3, 0.4) is 0 Å². The van der Waals surface area contributed by atoms with Gasteiger partial charge in [-0.25, -0.2) is 0 Å². The molecule has 0 aromatic carbocycles. The number of carbonyl (C=O) groups is 2. The van der Waals surface area contributed by atoms with E-state index < -0.39 is 5.92 Å². The summed E-state index contributed by atoms with van der Waals surface area (Å²) in [6, 6.07) is 7.32. The van der Waals surface area contributed by atoms with Gasteiger partial charge in [0, 0.05) is 25.8 Å². The van der Waals surface area contributed by atoms with E-state index in [1.54, 1.807) is 23.2 Å². The Hall–Kier alpha value is -2.25. The Labute approximate surface area is 137 Å². The number of aromatic nitrogens is 1. The summed E-state index contributed by atoms with van der Waals surface area (Å²) in [7, 11) is 0. The van der Waals surface area contributed by atoms with Crippen LogP contribution < -0.4 is 5.32 Å². The monoisotopic (exact) mass is 331 g/mol. The van der Waals surface area contributed by atoms with Crippen LogP contribution in [0.1, 0.15) is 26.8 Å². The standard InChI is InChI=1S/C16H17N3O3S/c20-7-6-18-15(21)12-10-19(16(22)13-4-2-8-23-13)9-11-3-1-5-17-14(11)12/h1-5,8,12,20H,6-7,9-10H2,(H,18,21). The number of hydrogen-bond donors (Lipinski definition) is 2. The van der Waals surface area contributed by atoms with E-state index in [0.29, 0.717) is 17.1 Å². The molecule has 120 valence electrons. The molecule has 1 aliphatic rings. The van der Waals surface area contributed by atoms with Crippen molar-refractivity contribution in [2.45, 2.75) is 12.5 Å². The number of nitrogens with one attached hydrogen (secondary N) is 1. The van der Waals surface area contributed by atoms with Gasteiger partial charge in [-0.15, -0.1) is 11.3 Å². The third-order valence-corrected chi connectivity index (χ3v) is 4.62. The predicted molar refractivity (Wildman–Crippen MR) is 86.1 cm³/mol. The summed E-state index contributed by atoms with van der Waals surface area (Å²) in [5, 5.41) is 13.4. The number of rotatable bonds is 4. The van der Waals surface area contributed by atoms with Gasteiger partial charge in [-0.05, 0) is 23.1 Å². The SMILES string of the molecule is O=C(NCCO)C1CN(C(=O)c2cccs2)Cc2cccnc21. The molecule has 2 amide bonds. The van der Waals surface area contributed by atoms with E-state index in [1.807, 2.05) is 17.5 Å². The van der Waals surface area contributed by atoms with E-state index in [1.165, 1.54) is 11.3 Å². The van der Waals surface area contributed by atoms with Gasteiger partial charge in [0.05, 0.1) is 23.1 Å². The van der Waals surface area contributed by atoms with Crippen molar-refractivity contribution in [3.8, 4) is 0 Å². The molecule has 2 aromatic rings. The third kappa shape index (κ3) is 3.25. The highest BCUT2D eigenvalue weighted by molar-refractivity contribution is 7.12. The topological polar surface area (TPSA) is 82.5 Å². The van der Waals surface area contributed by atoms with Crippen LogP contribution in [-0.2, 0) is 11.3 Å². The number of thiophene rings is 1. The highest BCUT2D eigenvalue weighted by atomic mass is 32.1. The van der Waals surface area contributed by atoms with Crippen molar-refractivity contribution in [1.82, 2.24) is 15.2 Å². The van der Waals surface area contributed by atoms with E-state index >= 15 is 0 Å². The van der Waals surface area contributed by atoms with Crippen molar-refractivity contribution in [3.63, 3.8) is 0 Å². The minimum absolute atomic E-state index is 0.0746. The molecule has 1 unspecified atom stereocenters. The second-order valence-electron chi connectivity index (χ2n) is 5.28. The quantitative estimate of drug-likeness (QED) is 0.875. The molecule has 1 atom stereocenters. The lowest BCUT2D eigenvalue weighted by Gasteiger charge is -2.33. The Balaban J connectivity index is 1.87. The molecule has 2 N–H and O–H groups in total. The normalized spacial score (nSPS) is 16.7. The molecule has 0 radical (unpaired) electrons. The number of amides is 2. The number of nitrogens with zero attached hydrogens (tertiary/aromatic N) is 2. The molecule has 0 spiro atoms. The minimum Gasteiger partial charge on any atom is -0.395 e. The molecule has 23 heavy (non-hydrogen) atoms. The third-order valence-electron chi connectivity index (χ3n) is 3.77. The van der Waals surface area contributed by atoms with Gasteiger partial charge in [0.25, 0.3) is 5.91 Å². The summed E-state index contributed by atoms with van der Waals surface area (Å²) in [6.45, 7) is 0.809. The first kappa shape index (κ1) is 15.6. The van der Waals surface area contributed by atoms with Gasteiger partial charge in [-0.1, -0.05) is 12.1 Å². The van der Waals surface area contributed by atoms with Crippen LogP contribution >= 0.6 is 11.3 Å². The van der Waals surface area contributed by atoms with Gasteiger partial charge in [0.2, 0.25) is 5.91 Å². The minimum atomic E-state index is -0.518. The van der Waals surface area contributed by atoms with Crippen LogP contribution in [0.4, 0.5) is 0 Å². The lowest BCUT2D eigenvalue weighted by molar-refractivity contribution is -0.123. The lowest BCUT2D eigenvalue weighted by Crippen LogP contribution is -2.44. The van der Waals surface area contributed by atoms with Crippen LogP contribution in [0.2, 0.25) is 0 Å². The average molecular weight is 331 g/mol. The molecule has 3 rings (SSSR count). The summed E-state index contributed by atoms with van der Waals surface area (Å²) < 4.78 is 0. The number of pyridine rings is 1. The number of hydrogen-bond acceptors (Lipinski definition) is 5. The van der Waals surface area contributed by atoms with Crippen molar-refractivity contribution < 1.29 is 14.7 Å². The van der Waals surface area contributed by atoms with E-state index in [-0.39, 0.29) is 31.5 Å². The van der Waals surface area contributed by atoms with Crippen molar-refractivity contribution in [1.29, 1.82) is 0 Å². The van der Waals surface area contributed by atoms with E-state index in [9.17, 15) is 9.59 Å². The largest absolute Gasteiger partial charge is 0.395 e. The second-order valence-corrected chi connectivity index (χ2v) is 6.23. The highest BCUT2D eigenvalue weighted by Crippen LogP contribution is 2.28. The molecule has 0 saturated carbocycles. The molecule has 0 fully saturated rings. The summed E-state index contributed by atoms with van der Waals surface area (Å²) >= 11 is 1.39. The molecule has 1 aliphatic heterocycles. The molecule has 7 heteroatoms. The Kier molecular flexibility index (Phi) is 4.68. The van der Waals surface area contributed by atoms with Gasteiger partial charge >= 0.3 is 0 Å². The van der Waals surface area contributed by atoms with E-state index in [4.69, 9.17) is 5.11 Å². The molecule has 2 aromatic heterocycles. The fourth-order valence-corrected chi connectivity index (χ4v) is 3.39. The molecular formula is C16H17N3O3S. The number of fused-ring (bicyclic) bond motifs is 1. The van der Waals surface area contributed by atoms with Gasteiger partial charge in [0.15, 0.2) is 0 Å². The van der Waals surface area contributed by atoms with E-state index in [0.717, 1.165) is 5.56 Å². The zero-order chi connectivity index (χ0) is 16.2. The maximum atomic E-state index is 12.6. The maximum absolute atomic E-state index is 12.6. The Morgan fingerprint density at radius 2 is 2.26 bits per heavy atom. The Morgan fingerprint density at radius 3 is 3.00 bits per heavy atom. The van der Waals surface area contributed by atoms with Crippen molar-refractivity contribution in [2.24, 2.45) is 0 Å². The zero-order valence-corrected chi connectivity index (χ0v) is 13.3. The molecule has 0 saturated heterocycles. The van der Waals surface area contributed by atoms with Crippen LogP contribution in [-0.4, -0.2) is 46.5 Å². The molecular weight excluding hydrogens is 314 g/mol. The second kappa shape index (κ2) is 6.89. The molecule has 0 bridgehead atoms. The first-order valence-corrected chi connectivity index (χ1v) is 8.24. The average Bonchev–Trinajstić information content (AvgIpc) is 3.12. The van der Waals surface area contributed by atoms with Crippen molar-refractivity contribution in [2.75, 3.05) is 19.7 Å². The lowest BCUT2D eigenvalue weighted by atomic mass is 9.93. The first-order valence-electron chi connectivity index (χ1n) is 7.36. The molecule has 3 heterocycles. The summed E-state index contributed by atoms with van der Waals surface area (Å²) in [6.07, 6.45) is 1.65. The van der Waals surface area contributed by atoms with Crippen molar-refractivity contribution in [3.05, 3.63) is 52.0 Å². The predicted octanol–water partition coefficient (Wildman–Crippen LogP) is 0.991. The van der Waals surface area contributed by atoms with Gasteiger partial charge < -0.3 is 15.3 Å². The molecule has 0 aliphatic carbocycles. The van der Waals surface area contributed by atoms with Gasteiger partial charge in [-0.2, -0.15) is 0 Å². The fourth-order valence-electron chi connectivity index (χ4n) is 2.70. The first-order chi connectivity index (χ1) is 11.2. The van der Waals surface area contributed by atoms with Gasteiger partial charge in [-0.3, -0.25) is 14.6 Å². The summed E-state index contributed by atoms with van der Waals surface area (Å²) in [5.74, 6) is -0.812. The van der Waals surface area contributed by atoms with Crippen LogP contribution in [0.5, 0.6) is 0 Å². The summed E-state index contributed by atoms with van der Waals surface area (Å²) in [4.78, 5) is 31.6. The summed E-state index contributed by atoms with van der Waals surface area (Å²) in [5.41, 5.74) is 1.59. The van der Waals surface area contributed by atoms with Crippen molar-refractivity contribution >= 4 is 23.2 Å². The zero-order valence-electron chi connectivity index (χ0n) is 12.4. The number of aliphatic hydroxyl groups excluding tert-OH is 1. The fraction of sp³-hybridized carbons (Fsp3) is 0.312. The van der Waals surface area contributed by atoms with E-state index in [2.05, 4.69) is 10.3 Å².